The van der Waals surface area contributed by atoms with E-state index in [9.17, 15) is 8.78 Å². The lowest BCUT2D eigenvalue weighted by Gasteiger charge is -2.15. The van der Waals surface area contributed by atoms with E-state index in [1.165, 1.54) is 0 Å². The van der Waals surface area contributed by atoms with Crippen molar-refractivity contribution in [3.05, 3.63) is 60.4 Å². The van der Waals surface area contributed by atoms with E-state index in [1.54, 1.807) is 24.5 Å². The van der Waals surface area contributed by atoms with Gasteiger partial charge in [0, 0.05) is 36.1 Å². The summed E-state index contributed by atoms with van der Waals surface area (Å²) in [5, 5.41) is 6.03. The van der Waals surface area contributed by atoms with Gasteiger partial charge in [0.2, 0.25) is 5.95 Å². The van der Waals surface area contributed by atoms with Gasteiger partial charge in [0.05, 0.1) is 11.4 Å². The molecule has 134 valence electrons. The number of pyridine rings is 1. The van der Waals surface area contributed by atoms with E-state index >= 15 is 0 Å². The highest BCUT2D eigenvalue weighted by Crippen LogP contribution is 2.25. The lowest BCUT2D eigenvalue weighted by molar-refractivity contribution is 0.603. The van der Waals surface area contributed by atoms with Gasteiger partial charge in [0.15, 0.2) is 0 Å². The van der Waals surface area contributed by atoms with E-state index in [2.05, 4.69) is 25.6 Å². The fourth-order valence-electron chi connectivity index (χ4n) is 2.29. The van der Waals surface area contributed by atoms with Gasteiger partial charge in [-0.2, -0.15) is 4.98 Å². The van der Waals surface area contributed by atoms with E-state index in [0.717, 1.165) is 30.2 Å². The summed E-state index contributed by atoms with van der Waals surface area (Å²) < 4.78 is 27.4. The molecule has 3 aromatic rings. The van der Waals surface area contributed by atoms with Crippen molar-refractivity contribution in [1.82, 2.24) is 15.0 Å². The number of nitrogens with one attached hydrogen (secondary N) is 2. The fraction of sp³-hybridized carbons (Fsp3) is 0.211. The number of hydrogen-bond acceptors (Lipinski definition) is 5. The lowest BCUT2D eigenvalue weighted by Crippen LogP contribution is -2.16. The van der Waals surface area contributed by atoms with Crippen LogP contribution in [-0.2, 0) is 0 Å². The minimum Gasteiger partial charge on any atom is -0.352 e. The zero-order valence-corrected chi connectivity index (χ0v) is 14.5. The standard InChI is InChI=1S/C19H19F2N5/c1-3-12(2)23-19-25-16(13-5-4-8-22-11-13)10-18(26-19)24-17-9-14(20)6-7-15(17)21/h4-12H,3H2,1-2H3,(H2,23,24,25,26)/t12-/m0/s1. The Bertz CT molecular complexity index is 886. The molecule has 7 heteroatoms. The Morgan fingerprint density at radius 1 is 1.12 bits per heavy atom. The van der Waals surface area contributed by atoms with Gasteiger partial charge in [0.1, 0.15) is 17.5 Å². The van der Waals surface area contributed by atoms with Crippen LogP contribution < -0.4 is 10.6 Å². The van der Waals surface area contributed by atoms with Gasteiger partial charge in [-0.25, -0.2) is 13.8 Å². The lowest BCUT2D eigenvalue weighted by atomic mass is 10.2. The molecule has 0 spiro atoms. The fourth-order valence-corrected chi connectivity index (χ4v) is 2.29. The molecular weight excluding hydrogens is 336 g/mol. The Kier molecular flexibility index (Phi) is 5.36. The van der Waals surface area contributed by atoms with Crippen molar-refractivity contribution in [3.63, 3.8) is 0 Å². The molecule has 26 heavy (non-hydrogen) atoms. The third-order valence-corrected chi connectivity index (χ3v) is 3.86. The molecule has 0 amide bonds. The van der Waals surface area contributed by atoms with E-state index in [0.29, 0.717) is 17.5 Å². The second kappa shape index (κ2) is 7.86. The highest BCUT2D eigenvalue weighted by molar-refractivity contribution is 5.67. The summed E-state index contributed by atoms with van der Waals surface area (Å²) in [4.78, 5) is 13.0. The van der Waals surface area contributed by atoms with Crippen LogP contribution in [0.25, 0.3) is 11.3 Å². The maximum Gasteiger partial charge on any atom is 0.225 e. The van der Waals surface area contributed by atoms with Gasteiger partial charge in [-0.1, -0.05) is 6.92 Å². The maximum atomic E-state index is 13.9. The second-order valence-electron chi connectivity index (χ2n) is 5.91. The molecule has 0 unspecified atom stereocenters. The normalized spacial score (nSPS) is 11.8. The molecule has 1 atom stereocenters. The molecule has 0 aliphatic heterocycles. The molecule has 0 saturated heterocycles. The molecule has 0 saturated carbocycles. The number of rotatable bonds is 6. The first-order valence-corrected chi connectivity index (χ1v) is 8.33. The minimum absolute atomic E-state index is 0.00956. The van der Waals surface area contributed by atoms with E-state index in [-0.39, 0.29) is 11.7 Å². The summed E-state index contributed by atoms with van der Waals surface area (Å²) in [6.07, 6.45) is 4.24. The van der Waals surface area contributed by atoms with Crippen LogP contribution in [0.4, 0.5) is 26.2 Å². The Morgan fingerprint density at radius 2 is 1.96 bits per heavy atom. The molecule has 2 N–H and O–H groups in total. The van der Waals surface area contributed by atoms with E-state index < -0.39 is 11.6 Å². The SMILES string of the molecule is CC[C@H](C)Nc1nc(Nc2cc(F)ccc2F)cc(-c2cccnc2)n1. The molecule has 0 radical (unpaired) electrons. The summed E-state index contributed by atoms with van der Waals surface area (Å²) in [7, 11) is 0. The predicted octanol–water partition coefficient (Wildman–Crippen LogP) is 4.77. The van der Waals surface area contributed by atoms with Crippen molar-refractivity contribution in [1.29, 1.82) is 0 Å². The van der Waals surface area contributed by atoms with Crippen molar-refractivity contribution < 1.29 is 8.78 Å². The summed E-state index contributed by atoms with van der Waals surface area (Å²) >= 11 is 0. The quantitative estimate of drug-likeness (QED) is 0.667. The van der Waals surface area contributed by atoms with Crippen LogP contribution in [0, 0.1) is 11.6 Å². The summed E-state index contributed by atoms with van der Waals surface area (Å²) in [5.74, 6) is -0.341. The molecule has 0 aliphatic carbocycles. The number of halogens is 2. The molecule has 2 heterocycles. The van der Waals surface area contributed by atoms with Crippen LogP contribution >= 0.6 is 0 Å². The van der Waals surface area contributed by atoms with Crippen molar-refractivity contribution in [3.8, 4) is 11.3 Å². The zero-order chi connectivity index (χ0) is 18.5. The van der Waals surface area contributed by atoms with Crippen LogP contribution in [0.3, 0.4) is 0 Å². The Balaban J connectivity index is 2.00. The number of hydrogen-bond donors (Lipinski definition) is 2. The number of aromatic nitrogens is 3. The third-order valence-electron chi connectivity index (χ3n) is 3.86. The van der Waals surface area contributed by atoms with Gasteiger partial charge in [-0.05, 0) is 37.6 Å². The second-order valence-corrected chi connectivity index (χ2v) is 5.91. The Hall–Kier alpha value is -3.09. The number of nitrogens with zero attached hydrogens (tertiary/aromatic N) is 3. The first kappa shape index (κ1) is 17.7. The average Bonchev–Trinajstić information content (AvgIpc) is 2.65. The van der Waals surface area contributed by atoms with Crippen molar-refractivity contribution >= 4 is 17.5 Å². The van der Waals surface area contributed by atoms with Crippen LogP contribution in [0.1, 0.15) is 20.3 Å². The Morgan fingerprint density at radius 3 is 2.69 bits per heavy atom. The monoisotopic (exact) mass is 355 g/mol. The predicted molar refractivity (Wildman–Crippen MR) is 98.3 cm³/mol. The van der Waals surface area contributed by atoms with Crippen molar-refractivity contribution in [2.45, 2.75) is 26.3 Å². The van der Waals surface area contributed by atoms with Gasteiger partial charge < -0.3 is 10.6 Å². The van der Waals surface area contributed by atoms with E-state index in [1.807, 2.05) is 19.9 Å². The topological polar surface area (TPSA) is 62.7 Å². The molecule has 2 aromatic heterocycles. The molecule has 1 aromatic carbocycles. The molecule has 3 rings (SSSR count). The van der Waals surface area contributed by atoms with Gasteiger partial charge in [-0.15, -0.1) is 0 Å². The maximum absolute atomic E-state index is 13.9. The Labute approximate surface area is 150 Å². The minimum atomic E-state index is -0.565. The zero-order valence-electron chi connectivity index (χ0n) is 14.5. The molecular formula is C19H19F2N5. The molecule has 0 fully saturated rings. The first-order chi connectivity index (χ1) is 12.5. The summed E-state index contributed by atoms with van der Waals surface area (Å²) in [6.45, 7) is 4.06. The van der Waals surface area contributed by atoms with Crippen molar-refractivity contribution in [2.75, 3.05) is 10.6 Å². The third kappa shape index (κ3) is 4.30. The summed E-state index contributed by atoms with van der Waals surface area (Å²) in [5.41, 5.74) is 1.43. The van der Waals surface area contributed by atoms with Crippen LogP contribution in [0.5, 0.6) is 0 Å². The molecule has 5 nitrogen and oxygen atoms in total. The highest BCUT2D eigenvalue weighted by Gasteiger charge is 2.11. The van der Waals surface area contributed by atoms with Crippen LogP contribution in [0.2, 0.25) is 0 Å². The van der Waals surface area contributed by atoms with Crippen LogP contribution in [-0.4, -0.2) is 21.0 Å². The smallest absolute Gasteiger partial charge is 0.225 e. The van der Waals surface area contributed by atoms with Gasteiger partial charge in [0.25, 0.3) is 0 Å². The first-order valence-electron chi connectivity index (χ1n) is 8.33. The van der Waals surface area contributed by atoms with Crippen molar-refractivity contribution in [2.24, 2.45) is 0 Å². The highest BCUT2D eigenvalue weighted by atomic mass is 19.1. The van der Waals surface area contributed by atoms with Crippen LogP contribution in [0.15, 0.2) is 48.8 Å². The number of anilines is 3. The van der Waals surface area contributed by atoms with E-state index in [4.69, 9.17) is 0 Å². The van der Waals surface area contributed by atoms with Gasteiger partial charge in [-0.3, -0.25) is 4.98 Å². The van der Waals surface area contributed by atoms with Gasteiger partial charge >= 0.3 is 0 Å². The number of benzene rings is 1. The molecule has 0 bridgehead atoms. The average molecular weight is 355 g/mol. The summed E-state index contributed by atoms with van der Waals surface area (Å²) in [6, 6.07) is 8.73. The largest absolute Gasteiger partial charge is 0.352 e. The molecule has 0 aliphatic rings.